The van der Waals surface area contributed by atoms with Crippen molar-refractivity contribution in [3.8, 4) is 6.19 Å². The van der Waals surface area contributed by atoms with E-state index in [1.165, 1.54) is 11.2 Å². The van der Waals surface area contributed by atoms with Crippen molar-refractivity contribution in [2.45, 2.75) is 0 Å². The zero-order chi connectivity index (χ0) is 5.82. The number of hydrogen-bond donors (Lipinski definition) is 0. The fraction of sp³-hybridized carbons (Fsp3) is 0.200. The second kappa shape index (κ2) is 2.12. The van der Waals surface area contributed by atoms with Crippen molar-refractivity contribution in [3.05, 3.63) is 12.3 Å². The quantitative estimate of drug-likeness (QED) is 0.418. The highest BCUT2D eigenvalue weighted by atomic mass is 15.1. The van der Waals surface area contributed by atoms with Crippen molar-refractivity contribution >= 4 is 6.34 Å². The molecule has 0 radical (unpaired) electrons. The molecule has 0 N–H and O–H groups in total. The summed E-state index contributed by atoms with van der Waals surface area (Å²) in [6.45, 7) is 0.653. The molecule has 0 aromatic heterocycles. The van der Waals surface area contributed by atoms with E-state index in [0.717, 1.165) is 0 Å². The van der Waals surface area contributed by atoms with Gasteiger partial charge in [0.05, 0.1) is 6.54 Å². The highest BCUT2D eigenvalue weighted by Gasteiger charge is 1.93. The van der Waals surface area contributed by atoms with Crippen molar-refractivity contribution in [1.82, 2.24) is 4.90 Å². The summed E-state index contributed by atoms with van der Waals surface area (Å²) in [4.78, 5) is 5.17. The fourth-order valence-electron chi connectivity index (χ4n) is 0.454. The van der Waals surface area contributed by atoms with E-state index in [1.807, 2.05) is 12.3 Å². The van der Waals surface area contributed by atoms with Crippen molar-refractivity contribution in [3.63, 3.8) is 0 Å². The first-order chi connectivity index (χ1) is 3.93. The summed E-state index contributed by atoms with van der Waals surface area (Å²) < 4.78 is 0. The van der Waals surface area contributed by atoms with Crippen molar-refractivity contribution in [1.29, 1.82) is 5.26 Å². The third kappa shape index (κ3) is 0.850. The lowest BCUT2D eigenvalue weighted by Gasteiger charge is -2.06. The van der Waals surface area contributed by atoms with Crippen LogP contribution < -0.4 is 0 Å². The molecule has 1 aliphatic rings. The Morgan fingerprint density at radius 3 is 3.00 bits per heavy atom. The van der Waals surface area contributed by atoms with Gasteiger partial charge in [-0.2, -0.15) is 5.26 Å². The van der Waals surface area contributed by atoms with Gasteiger partial charge in [0, 0.05) is 6.20 Å². The topological polar surface area (TPSA) is 39.4 Å². The molecule has 0 saturated heterocycles. The Kier molecular flexibility index (Phi) is 1.29. The Hall–Kier alpha value is -1.30. The Balaban J connectivity index is 2.55. The van der Waals surface area contributed by atoms with Crippen LogP contribution in [0.25, 0.3) is 0 Å². The van der Waals surface area contributed by atoms with Crippen LogP contribution in [0.1, 0.15) is 0 Å². The van der Waals surface area contributed by atoms with Crippen LogP contribution in [0.3, 0.4) is 0 Å². The normalized spacial score (nSPS) is 16.1. The summed E-state index contributed by atoms with van der Waals surface area (Å²) >= 11 is 0. The molecular formula is C5H5N3. The molecule has 1 heterocycles. The van der Waals surface area contributed by atoms with Gasteiger partial charge in [0.2, 0.25) is 0 Å². The molecule has 0 amide bonds. The third-order valence-corrected chi connectivity index (χ3v) is 0.828. The average Bonchev–Trinajstić information content (AvgIpc) is 1.90. The van der Waals surface area contributed by atoms with Gasteiger partial charge in [-0.25, -0.2) is 4.99 Å². The van der Waals surface area contributed by atoms with Gasteiger partial charge in [0.1, 0.15) is 6.34 Å². The van der Waals surface area contributed by atoms with E-state index in [9.17, 15) is 0 Å². The maximum absolute atomic E-state index is 8.24. The molecule has 0 aliphatic carbocycles. The van der Waals surface area contributed by atoms with Gasteiger partial charge >= 0.3 is 0 Å². The van der Waals surface area contributed by atoms with Crippen LogP contribution in [-0.4, -0.2) is 17.8 Å². The molecule has 0 unspecified atom stereocenters. The molecule has 3 heteroatoms. The maximum Gasteiger partial charge on any atom is 0.185 e. The standard InChI is InChI=1S/C5H5N3/c6-4-8-3-1-2-7-5-8/h1-2,5H,3H2. The van der Waals surface area contributed by atoms with E-state index in [4.69, 9.17) is 5.26 Å². The van der Waals surface area contributed by atoms with Crippen LogP contribution in [0.4, 0.5) is 0 Å². The molecule has 0 spiro atoms. The molecule has 0 atom stereocenters. The first-order valence-electron chi connectivity index (χ1n) is 2.28. The predicted octanol–water partition coefficient (Wildman–Crippen LogP) is 0.325. The fourth-order valence-corrected chi connectivity index (χ4v) is 0.454. The molecule has 0 bridgehead atoms. The molecular weight excluding hydrogens is 102 g/mol. The van der Waals surface area contributed by atoms with Crippen LogP contribution in [0.2, 0.25) is 0 Å². The van der Waals surface area contributed by atoms with E-state index >= 15 is 0 Å². The van der Waals surface area contributed by atoms with E-state index in [2.05, 4.69) is 4.99 Å². The Labute approximate surface area is 47.6 Å². The average molecular weight is 107 g/mol. The Morgan fingerprint density at radius 2 is 2.62 bits per heavy atom. The van der Waals surface area contributed by atoms with Crippen LogP contribution in [-0.2, 0) is 0 Å². The molecule has 8 heavy (non-hydrogen) atoms. The van der Waals surface area contributed by atoms with E-state index in [1.54, 1.807) is 6.20 Å². The van der Waals surface area contributed by atoms with Crippen molar-refractivity contribution < 1.29 is 0 Å². The molecule has 3 nitrogen and oxygen atoms in total. The van der Waals surface area contributed by atoms with Crippen LogP contribution in [0.15, 0.2) is 17.3 Å². The summed E-state index contributed by atoms with van der Waals surface area (Å²) in [7, 11) is 0. The highest BCUT2D eigenvalue weighted by Crippen LogP contribution is 1.88. The third-order valence-electron chi connectivity index (χ3n) is 0.828. The van der Waals surface area contributed by atoms with E-state index in [0.29, 0.717) is 6.54 Å². The molecule has 40 valence electrons. The number of rotatable bonds is 0. The molecule has 0 aromatic rings. The first-order valence-corrected chi connectivity index (χ1v) is 2.28. The molecule has 1 aliphatic heterocycles. The first kappa shape index (κ1) is 4.85. The van der Waals surface area contributed by atoms with Gasteiger partial charge in [-0.05, 0) is 6.08 Å². The monoisotopic (exact) mass is 107 g/mol. The number of aliphatic imine (C=N–C) groups is 1. The zero-order valence-corrected chi connectivity index (χ0v) is 4.28. The highest BCUT2D eigenvalue weighted by molar-refractivity contribution is 5.59. The van der Waals surface area contributed by atoms with Gasteiger partial charge < -0.3 is 0 Å². The van der Waals surface area contributed by atoms with Crippen molar-refractivity contribution in [2.75, 3.05) is 6.54 Å². The van der Waals surface area contributed by atoms with Gasteiger partial charge in [0.15, 0.2) is 6.19 Å². The minimum absolute atomic E-state index is 0.653. The smallest absolute Gasteiger partial charge is 0.185 e. The van der Waals surface area contributed by atoms with Crippen LogP contribution in [0.5, 0.6) is 0 Å². The lowest BCUT2D eigenvalue weighted by atomic mass is 10.5. The largest absolute Gasteiger partial charge is 0.266 e. The minimum Gasteiger partial charge on any atom is -0.266 e. The van der Waals surface area contributed by atoms with Crippen LogP contribution in [0, 0.1) is 11.5 Å². The zero-order valence-electron chi connectivity index (χ0n) is 4.28. The molecule has 0 aromatic carbocycles. The molecule has 0 fully saturated rings. The summed E-state index contributed by atoms with van der Waals surface area (Å²) in [5, 5.41) is 8.24. The minimum atomic E-state index is 0.653. The molecule has 0 saturated carbocycles. The maximum atomic E-state index is 8.24. The summed E-state index contributed by atoms with van der Waals surface area (Å²) in [5.74, 6) is 0. The van der Waals surface area contributed by atoms with Gasteiger partial charge in [-0.3, -0.25) is 4.90 Å². The lowest BCUT2D eigenvalue weighted by Crippen LogP contribution is -2.16. The van der Waals surface area contributed by atoms with Crippen molar-refractivity contribution in [2.24, 2.45) is 4.99 Å². The second-order valence-corrected chi connectivity index (χ2v) is 1.40. The van der Waals surface area contributed by atoms with Gasteiger partial charge in [-0.15, -0.1) is 0 Å². The Morgan fingerprint density at radius 1 is 1.75 bits per heavy atom. The summed E-state index contributed by atoms with van der Waals surface area (Å²) in [6.07, 6.45) is 6.93. The Bertz CT molecular complexity index is 163. The summed E-state index contributed by atoms with van der Waals surface area (Å²) in [5.41, 5.74) is 0. The SMILES string of the molecule is N#CN1C=NC=CC1. The van der Waals surface area contributed by atoms with Gasteiger partial charge in [-0.1, -0.05) is 0 Å². The van der Waals surface area contributed by atoms with Crippen LogP contribution >= 0.6 is 0 Å². The number of nitrogens with zero attached hydrogens (tertiary/aromatic N) is 3. The second-order valence-electron chi connectivity index (χ2n) is 1.40. The predicted molar refractivity (Wildman–Crippen MR) is 30.0 cm³/mol. The molecule has 1 rings (SSSR count). The lowest BCUT2D eigenvalue weighted by molar-refractivity contribution is 0.653. The number of hydrogen-bond acceptors (Lipinski definition) is 3. The summed E-state index contributed by atoms with van der Waals surface area (Å²) in [6, 6.07) is 0. The van der Waals surface area contributed by atoms with E-state index in [-0.39, 0.29) is 0 Å². The van der Waals surface area contributed by atoms with E-state index < -0.39 is 0 Å². The number of nitriles is 1. The van der Waals surface area contributed by atoms with Gasteiger partial charge in [0.25, 0.3) is 0 Å².